The van der Waals surface area contributed by atoms with E-state index < -0.39 is 16.7 Å². The van der Waals surface area contributed by atoms with E-state index in [-0.39, 0.29) is 11.4 Å². The quantitative estimate of drug-likeness (QED) is 0.660. The first-order valence-corrected chi connectivity index (χ1v) is 6.40. The Morgan fingerprint density at radius 2 is 2.12 bits per heavy atom. The molecule has 0 bridgehead atoms. The standard InChI is InChI=1S/C10H12ClNO4S/c1-12(6-17(14)15)9-5-7(11)3-4-8(9)10(13)16-2/h3-5,17H,6H2,1-2H3. The molecule has 0 atom stereocenters. The van der Waals surface area contributed by atoms with Gasteiger partial charge in [-0.15, -0.1) is 0 Å². The molecular formula is C10H12ClNO4S. The molecule has 0 unspecified atom stereocenters. The number of carbonyl (C=O) groups is 1. The molecule has 0 saturated heterocycles. The van der Waals surface area contributed by atoms with Crippen molar-refractivity contribution >= 4 is 34.0 Å². The van der Waals surface area contributed by atoms with Crippen molar-refractivity contribution in [1.29, 1.82) is 0 Å². The maximum atomic E-state index is 11.5. The Kier molecular flexibility index (Phi) is 4.77. The van der Waals surface area contributed by atoms with Gasteiger partial charge in [-0.25, -0.2) is 13.2 Å². The summed E-state index contributed by atoms with van der Waals surface area (Å²) in [5.74, 6) is -0.732. The van der Waals surface area contributed by atoms with E-state index in [1.165, 1.54) is 24.1 Å². The maximum absolute atomic E-state index is 11.5. The molecule has 0 heterocycles. The number of thiol groups is 1. The first kappa shape index (κ1) is 13.8. The first-order chi connectivity index (χ1) is 7.95. The molecule has 1 rings (SSSR count). The molecule has 0 fully saturated rings. The molecule has 1 aromatic carbocycles. The molecule has 7 heteroatoms. The second-order valence-corrected chi connectivity index (χ2v) is 4.71. The van der Waals surface area contributed by atoms with E-state index >= 15 is 0 Å². The number of esters is 1. The van der Waals surface area contributed by atoms with Crippen LogP contribution in [0.5, 0.6) is 0 Å². The van der Waals surface area contributed by atoms with Crippen molar-refractivity contribution in [3.05, 3.63) is 28.8 Å². The van der Waals surface area contributed by atoms with Gasteiger partial charge in [0.25, 0.3) is 0 Å². The van der Waals surface area contributed by atoms with Gasteiger partial charge in [0, 0.05) is 12.1 Å². The topological polar surface area (TPSA) is 63.7 Å². The van der Waals surface area contributed by atoms with Gasteiger partial charge >= 0.3 is 5.97 Å². The third-order valence-corrected chi connectivity index (χ3v) is 2.99. The zero-order valence-electron chi connectivity index (χ0n) is 9.34. The van der Waals surface area contributed by atoms with Crippen LogP contribution < -0.4 is 4.90 Å². The summed E-state index contributed by atoms with van der Waals surface area (Å²) in [5.41, 5.74) is 0.694. The Labute approximate surface area is 106 Å². The number of methoxy groups -OCH3 is 1. The molecule has 1 aromatic rings. The van der Waals surface area contributed by atoms with Crippen molar-refractivity contribution in [1.82, 2.24) is 0 Å². The van der Waals surface area contributed by atoms with E-state index in [1.807, 2.05) is 0 Å². The Morgan fingerprint density at radius 3 is 2.65 bits per heavy atom. The van der Waals surface area contributed by atoms with E-state index in [2.05, 4.69) is 4.74 Å². The van der Waals surface area contributed by atoms with Gasteiger partial charge in [0.05, 0.1) is 18.4 Å². The molecule has 0 radical (unpaired) electrons. The van der Waals surface area contributed by atoms with Gasteiger partial charge in [0.1, 0.15) is 5.88 Å². The molecule has 0 aliphatic rings. The van der Waals surface area contributed by atoms with Crippen LogP contribution in [-0.4, -0.2) is 34.4 Å². The average molecular weight is 278 g/mol. The molecule has 0 aliphatic carbocycles. The molecule has 0 saturated carbocycles. The third kappa shape index (κ3) is 3.61. The van der Waals surface area contributed by atoms with Crippen LogP contribution >= 0.6 is 11.6 Å². The highest BCUT2D eigenvalue weighted by atomic mass is 35.5. The highest BCUT2D eigenvalue weighted by Gasteiger charge is 2.15. The summed E-state index contributed by atoms with van der Waals surface area (Å²) in [7, 11) is 0.239. The second-order valence-electron chi connectivity index (χ2n) is 3.33. The number of anilines is 1. The summed E-state index contributed by atoms with van der Waals surface area (Å²) in [5, 5.41) is 0.417. The van der Waals surface area contributed by atoms with Crippen molar-refractivity contribution in [2.45, 2.75) is 0 Å². The lowest BCUT2D eigenvalue weighted by Crippen LogP contribution is -2.22. The van der Waals surface area contributed by atoms with Crippen LogP contribution in [0.15, 0.2) is 18.2 Å². The van der Waals surface area contributed by atoms with Crippen LogP contribution in [0.1, 0.15) is 10.4 Å². The van der Waals surface area contributed by atoms with Gasteiger partial charge in [0.2, 0.25) is 0 Å². The van der Waals surface area contributed by atoms with Crippen molar-refractivity contribution in [3.63, 3.8) is 0 Å². The van der Waals surface area contributed by atoms with Gasteiger partial charge in [-0.3, -0.25) is 0 Å². The summed E-state index contributed by atoms with van der Waals surface area (Å²) in [6.45, 7) is 0. The number of benzene rings is 1. The van der Waals surface area contributed by atoms with Crippen LogP contribution in [0.3, 0.4) is 0 Å². The van der Waals surface area contributed by atoms with E-state index in [4.69, 9.17) is 11.6 Å². The molecule has 0 aliphatic heterocycles. The smallest absolute Gasteiger partial charge is 0.339 e. The maximum Gasteiger partial charge on any atom is 0.339 e. The minimum atomic E-state index is -2.58. The zero-order valence-corrected chi connectivity index (χ0v) is 11.0. The average Bonchev–Trinajstić information content (AvgIpc) is 2.27. The predicted octanol–water partition coefficient (Wildman–Crippen LogP) is 1.13. The van der Waals surface area contributed by atoms with Crippen molar-refractivity contribution < 1.29 is 17.9 Å². The highest BCUT2D eigenvalue weighted by Crippen LogP contribution is 2.24. The molecule has 0 N–H and O–H groups in total. The Hall–Kier alpha value is -1.27. The largest absolute Gasteiger partial charge is 0.465 e. The van der Waals surface area contributed by atoms with Crippen LogP contribution in [-0.2, 0) is 15.4 Å². The minimum absolute atomic E-state index is 0.195. The zero-order chi connectivity index (χ0) is 13.0. The fraction of sp³-hybridized carbons (Fsp3) is 0.300. The van der Waals surface area contributed by atoms with Gasteiger partial charge in [-0.2, -0.15) is 0 Å². The van der Waals surface area contributed by atoms with E-state index in [0.717, 1.165) is 0 Å². The summed E-state index contributed by atoms with van der Waals surface area (Å²) in [4.78, 5) is 12.9. The van der Waals surface area contributed by atoms with Crippen LogP contribution in [0, 0.1) is 0 Å². The minimum Gasteiger partial charge on any atom is -0.465 e. The van der Waals surface area contributed by atoms with E-state index in [9.17, 15) is 13.2 Å². The molecule has 94 valence electrons. The summed E-state index contributed by atoms with van der Waals surface area (Å²) in [6.07, 6.45) is 0. The normalized spacial score (nSPS) is 10.4. The second kappa shape index (κ2) is 5.88. The Balaban J connectivity index is 3.19. The van der Waals surface area contributed by atoms with Crippen LogP contribution in [0.25, 0.3) is 0 Å². The number of rotatable bonds is 4. The van der Waals surface area contributed by atoms with E-state index in [0.29, 0.717) is 10.7 Å². The molecule has 17 heavy (non-hydrogen) atoms. The van der Waals surface area contributed by atoms with Gasteiger partial charge in [-0.05, 0) is 18.2 Å². The number of hydrogen-bond donors (Lipinski definition) is 1. The predicted molar refractivity (Wildman–Crippen MR) is 66.4 cm³/mol. The van der Waals surface area contributed by atoms with Crippen molar-refractivity contribution in [3.8, 4) is 0 Å². The van der Waals surface area contributed by atoms with Gasteiger partial charge in [-0.1, -0.05) is 11.6 Å². The molecule has 5 nitrogen and oxygen atoms in total. The number of halogens is 1. The van der Waals surface area contributed by atoms with Crippen molar-refractivity contribution in [2.75, 3.05) is 24.9 Å². The summed E-state index contributed by atoms with van der Waals surface area (Å²) in [6, 6.07) is 4.56. The number of carbonyl (C=O) groups excluding carboxylic acids is 1. The molecule has 0 aromatic heterocycles. The Morgan fingerprint density at radius 1 is 1.47 bits per heavy atom. The number of ether oxygens (including phenoxy) is 1. The highest BCUT2D eigenvalue weighted by molar-refractivity contribution is 7.72. The Bertz CT molecular complexity index is 493. The fourth-order valence-corrected chi connectivity index (χ4v) is 2.02. The van der Waals surface area contributed by atoms with Gasteiger partial charge in [0.15, 0.2) is 10.7 Å². The number of nitrogens with zero attached hydrogens (tertiary/aromatic N) is 1. The first-order valence-electron chi connectivity index (χ1n) is 4.66. The monoisotopic (exact) mass is 277 g/mol. The van der Waals surface area contributed by atoms with Crippen LogP contribution in [0.2, 0.25) is 5.02 Å². The molecule has 0 spiro atoms. The fourth-order valence-electron chi connectivity index (χ4n) is 1.35. The lowest BCUT2D eigenvalue weighted by atomic mass is 10.1. The SMILES string of the molecule is COC(=O)c1ccc(Cl)cc1N(C)C[SH](=O)=O. The summed E-state index contributed by atoms with van der Waals surface area (Å²) < 4.78 is 25.9. The van der Waals surface area contributed by atoms with Gasteiger partial charge < -0.3 is 9.64 Å². The number of hydrogen-bond acceptors (Lipinski definition) is 5. The lowest BCUT2D eigenvalue weighted by Gasteiger charge is -2.19. The molecule has 0 amide bonds. The third-order valence-electron chi connectivity index (χ3n) is 2.10. The van der Waals surface area contributed by atoms with Crippen molar-refractivity contribution in [2.24, 2.45) is 0 Å². The molecular weight excluding hydrogens is 266 g/mol. The summed E-state index contributed by atoms with van der Waals surface area (Å²) >= 11 is 5.82. The lowest BCUT2D eigenvalue weighted by molar-refractivity contribution is 0.0601. The van der Waals surface area contributed by atoms with E-state index in [1.54, 1.807) is 13.1 Å². The van der Waals surface area contributed by atoms with Crippen LogP contribution in [0.4, 0.5) is 5.69 Å².